The van der Waals surface area contributed by atoms with Crippen LogP contribution < -0.4 is 5.32 Å². The highest BCUT2D eigenvalue weighted by molar-refractivity contribution is 5.73. The molecule has 0 spiro atoms. The van der Waals surface area contributed by atoms with E-state index >= 15 is 0 Å². The Balaban J connectivity index is 2.19. The van der Waals surface area contributed by atoms with Crippen LogP contribution in [0.2, 0.25) is 0 Å². The number of carbonyl (C=O) groups excluding carboxylic acids is 1. The molecule has 8 nitrogen and oxygen atoms in total. The van der Waals surface area contributed by atoms with Crippen molar-refractivity contribution in [2.75, 3.05) is 13.7 Å². The molecule has 2 aliphatic rings. The minimum absolute atomic E-state index is 0.0981. The van der Waals surface area contributed by atoms with E-state index in [2.05, 4.69) is 45.0 Å². The van der Waals surface area contributed by atoms with Crippen molar-refractivity contribution in [3.63, 3.8) is 0 Å². The summed E-state index contributed by atoms with van der Waals surface area (Å²) in [6.45, 7) is 9.46. The number of amides is 1. The van der Waals surface area contributed by atoms with Gasteiger partial charge in [-0.25, -0.2) is 0 Å². The molecule has 8 heteroatoms. The van der Waals surface area contributed by atoms with Crippen LogP contribution in [0.15, 0.2) is 0 Å². The van der Waals surface area contributed by atoms with E-state index in [0.717, 1.165) is 12.8 Å². The topological polar surface area (TPSA) is 111 Å². The van der Waals surface area contributed by atoms with Crippen LogP contribution in [0.5, 0.6) is 0 Å². The van der Waals surface area contributed by atoms with Crippen LogP contribution in [-0.4, -0.2) is 87.6 Å². The molecule has 0 bridgehead atoms. The number of nitrogens with zero attached hydrogens (tertiary/aromatic N) is 1. The number of nitrogens with one attached hydrogen (secondary N) is 1. The zero-order valence-electron chi connectivity index (χ0n) is 16.6. The standard InChI is InChI=1S/C18H34N2O6/c1-10(22)19-13-15(24)14(23)12(9-21)26-16(13)25-11-7-17(2,3)20(6)18(4,5)8-11/h11-16,21,23-24H,7-9H2,1-6H3,(H,19,22). The van der Waals surface area contributed by atoms with Gasteiger partial charge in [0.1, 0.15) is 24.4 Å². The summed E-state index contributed by atoms with van der Waals surface area (Å²) in [5, 5.41) is 32.5. The second-order valence-electron chi connectivity index (χ2n) is 8.78. The maximum Gasteiger partial charge on any atom is 0.217 e. The molecule has 0 aliphatic carbocycles. The first kappa shape index (κ1) is 21.5. The molecular formula is C18H34N2O6. The van der Waals surface area contributed by atoms with E-state index in [-0.39, 0.29) is 23.1 Å². The third-order valence-electron chi connectivity index (χ3n) is 5.85. The van der Waals surface area contributed by atoms with Crippen molar-refractivity contribution in [3.8, 4) is 0 Å². The Labute approximate surface area is 155 Å². The molecule has 152 valence electrons. The predicted molar refractivity (Wildman–Crippen MR) is 95.4 cm³/mol. The van der Waals surface area contributed by atoms with Crippen LogP contribution in [0.3, 0.4) is 0 Å². The fraction of sp³-hybridized carbons (Fsp3) is 0.944. The molecule has 1 amide bonds. The highest BCUT2D eigenvalue weighted by Crippen LogP contribution is 2.39. The van der Waals surface area contributed by atoms with Gasteiger partial charge in [-0.15, -0.1) is 0 Å². The summed E-state index contributed by atoms with van der Waals surface area (Å²) in [5.74, 6) is -0.357. The number of hydrogen-bond donors (Lipinski definition) is 4. The van der Waals surface area contributed by atoms with Crippen LogP contribution in [0.4, 0.5) is 0 Å². The number of ether oxygens (including phenoxy) is 2. The van der Waals surface area contributed by atoms with Crippen LogP contribution >= 0.6 is 0 Å². The quantitative estimate of drug-likeness (QED) is 0.530. The number of rotatable bonds is 4. The zero-order valence-corrected chi connectivity index (χ0v) is 16.6. The van der Waals surface area contributed by atoms with E-state index in [1.54, 1.807) is 0 Å². The molecule has 2 fully saturated rings. The molecule has 2 heterocycles. The van der Waals surface area contributed by atoms with Crippen molar-refractivity contribution in [2.24, 2.45) is 0 Å². The Morgan fingerprint density at radius 2 is 1.73 bits per heavy atom. The van der Waals surface area contributed by atoms with Crippen LogP contribution in [-0.2, 0) is 14.3 Å². The minimum Gasteiger partial charge on any atom is -0.394 e. The largest absolute Gasteiger partial charge is 0.394 e. The van der Waals surface area contributed by atoms with Crippen molar-refractivity contribution < 1.29 is 29.6 Å². The molecule has 5 unspecified atom stereocenters. The Morgan fingerprint density at radius 3 is 2.19 bits per heavy atom. The van der Waals surface area contributed by atoms with Gasteiger partial charge in [-0.1, -0.05) is 0 Å². The van der Waals surface area contributed by atoms with Gasteiger partial charge in [0.2, 0.25) is 5.91 Å². The Morgan fingerprint density at radius 1 is 1.19 bits per heavy atom. The summed E-state index contributed by atoms with van der Waals surface area (Å²) < 4.78 is 11.9. The van der Waals surface area contributed by atoms with Crippen LogP contribution in [0.1, 0.15) is 47.5 Å². The Kier molecular flexibility index (Phi) is 6.37. The average molecular weight is 374 g/mol. The lowest BCUT2D eigenvalue weighted by Gasteiger charge is -2.54. The van der Waals surface area contributed by atoms with E-state index in [0.29, 0.717) is 0 Å². The van der Waals surface area contributed by atoms with Gasteiger partial charge in [0.15, 0.2) is 6.29 Å². The van der Waals surface area contributed by atoms with E-state index in [1.807, 2.05) is 0 Å². The summed E-state index contributed by atoms with van der Waals surface area (Å²) in [6, 6.07) is -0.906. The Bertz CT molecular complexity index is 494. The summed E-state index contributed by atoms with van der Waals surface area (Å²) >= 11 is 0. The first-order valence-corrected chi connectivity index (χ1v) is 9.18. The lowest BCUT2D eigenvalue weighted by atomic mass is 9.78. The summed E-state index contributed by atoms with van der Waals surface area (Å²) in [5.41, 5.74) is -0.196. The number of aliphatic hydroxyl groups excluding tert-OH is 3. The van der Waals surface area contributed by atoms with Crippen molar-refractivity contribution >= 4 is 5.91 Å². The van der Waals surface area contributed by atoms with Crippen molar-refractivity contribution in [1.29, 1.82) is 0 Å². The van der Waals surface area contributed by atoms with Gasteiger partial charge in [0.05, 0.1) is 12.7 Å². The van der Waals surface area contributed by atoms with Crippen LogP contribution in [0.25, 0.3) is 0 Å². The molecule has 4 N–H and O–H groups in total. The zero-order chi connectivity index (χ0) is 19.9. The molecule has 0 aromatic heterocycles. The third-order valence-corrected chi connectivity index (χ3v) is 5.85. The highest BCUT2D eigenvalue weighted by Gasteiger charge is 2.49. The Hall–Kier alpha value is -0.770. The molecule has 2 rings (SSSR count). The normalized spacial score (nSPS) is 38.1. The molecule has 26 heavy (non-hydrogen) atoms. The van der Waals surface area contributed by atoms with E-state index < -0.39 is 37.3 Å². The third kappa shape index (κ3) is 4.37. The number of likely N-dealkylation sites (tertiary alicyclic amines) is 1. The van der Waals surface area contributed by atoms with E-state index in [9.17, 15) is 20.1 Å². The van der Waals surface area contributed by atoms with E-state index in [4.69, 9.17) is 9.47 Å². The average Bonchev–Trinajstić information content (AvgIpc) is 2.51. The second kappa shape index (κ2) is 7.69. The predicted octanol–water partition coefficient (Wildman–Crippen LogP) is -0.402. The smallest absolute Gasteiger partial charge is 0.217 e. The summed E-state index contributed by atoms with van der Waals surface area (Å²) in [6.07, 6.45) is -3.16. The first-order valence-electron chi connectivity index (χ1n) is 9.18. The lowest BCUT2D eigenvalue weighted by molar-refractivity contribution is -0.290. The summed E-state index contributed by atoms with van der Waals surface area (Å²) in [4.78, 5) is 13.9. The maximum atomic E-state index is 11.5. The molecule has 0 aromatic rings. The highest BCUT2D eigenvalue weighted by atomic mass is 16.7. The van der Waals surface area contributed by atoms with Gasteiger partial charge in [-0.05, 0) is 47.6 Å². The molecule has 0 aromatic carbocycles. The van der Waals surface area contributed by atoms with Gasteiger partial charge in [-0.3, -0.25) is 9.69 Å². The van der Waals surface area contributed by atoms with E-state index in [1.165, 1.54) is 6.92 Å². The number of hydrogen-bond acceptors (Lipinski definition) is 7. The van der Waals surface area contributed by atoms with Gasteiger partial charge < -0.3 is 30.1 Å². The molecular weight excluding hydrogens is 340 g/mol. The molecule has 0 radical (unpaired) electrons. The summed E-state index contributed by atoms with van der Waals surface area (Å²) in [7, 11) is 2.09. The van der Waals surface area contributed by atoms with Gasteiger partial charge in [0, 0.05) is 18.0 Å². The van der Waals surface area contributed by atoms with Crippen LogP contribution in [0, 0.1) is 0 Å². The molecule has 0 saturated carbocycles. The first-order chi connectivity index (χ1) is 11.9. The molecule has 2 saturated heterocycles. The van der Waals surface area contributed by atoms with Gasteiger partial charge >= 0.3 is 0 Å². The van der Waals surface area contributed by atoms with Crippen molar-refractivity contribution in [1.82, 2.24) is 10.2 Å². The number of carbonyl (C=O) groups is 1. The second-order valence-corrected chi connectivity index (χ2v) is 8.78. The van der Waals surface area contributed by atoms with Crippen molar-refractivity contribution in [2.45, 2.75) is 95.3 Å². The fourth-order valence-electron chi connectivity index (χ4n) is 4.15. The molecule has 5 atom stereocenters. The number of piperidine rings is 1. The lowest BCUT2D eigenvalue weighted by Crippen LogP contribution is -2.66. The van der Waals surface area contributed by atoms with Crippen molar-refractivity contribution in [3.05, 3.63) is 0 Å². The monoisotopic (exact) mass is 374 g/mol. The SMILES string of the molecule is CC(=O)NC1C(OC2CC(C)(C)N(C)C(C)(C)C2)OC(CO)C(O)C1O. The van der Waals surface area contributed by atoms with Gasteiger partial charge in [0.25, 0.3) is 0 Å². The fourth-order valence-corrected chi connectivity index (χ4v) is 4.15. The maximum absolute atomic E-state index is 11.5. The minimum atomic E-state index is -1.30. The number of aliphatic hydroxyl groups is 3. The molecule has 2 aliphatic heterocycles. The van der Waals surface area contributed by atoms with Gasteiger partial charge in [-0.2, -0.15) is 0 Å².